The predicted molar refractivity (Wildman–Crippen MR) is 105 cm³/mol. The lowest BCUT2D eigenvalue weighted by molar-refractivity contribution is -0.118. The summed E-state index contributed by atoms with van der Waals surface area (Å²) >= 11 is 0. The molecule has 0 unspecified atom stereocenters. The van der Waals surface area contributed by atoms with Crippen LogP contribution in [0.25, 0.3) is 0 Å². The Balaban J connectivity index is 1.76. The minimum atomic E-state index is -0.522. The number of Topliss-reactive ketones (excluding diaryl/α,β-unsaturated/α-hetero) is 2. The van der Waals surface area contributed by atoms with Gasteiger partial charge in [-0.2, -0.15) is 0 Å². The van der Waals surface area contributed by atoms with E-state index in [-0.39, 0.29) is 22.8 Å². The number of hydrogen-bond donors (Lipinski definition) is 0. The maximum atomic E-state index is 13.6. The molecule has 140 valence electrons. The summed E-state index contributed by atoms with van der Waals surface area (Å²) in [6, 6.07) is 13.7. The second kappa shape index (κ2) is 5.81. The van der Waals surface area contributed by atoms with Crippen LogP contribution < -0.4 is 0 Å². The molecule has 5 rings (SSSR count). The molecule has 0 amide bonds. The molecule has 2 aromatic rings. The highest BCUT2D eigenvalue weighted by atomic mass is 19.1. The minimum Gasteiger partial charge on any atom is -0.294 e. The van der Waals surface area contributed by atoms with Crippen LogP contribution in [0.3, 0.4) is 0 Å². The highest BCUT2D eigenvalue weighted by Gasteiger charge is 2.50. The number of fused-ring (bicyclic) bond motifs is 3. The third-order valence-electron chi connectivity index (χ3n) is 6.07. The zero-order valence-electron chi connectivity index (χ0n) is 15.8. The van der Waals surface area contributed by atoms with Gasteiger partial charge in [-0.25, -0.2) is 4.39 Å². The molecule has 0 saturated heterocycles. The van der Waals surface area contributed by atoms with E-state index in [1.165, 1.54) is 12.1 Å². The van der Waals surface area contributed by atoms with E-state index in [2.05, 4.69) is 13.8 Å². The monoisotopic (exact) mass is 373 g/mol. The smallest absolute Gasteiger partial charge is 0.173 e. The molecule has 0 bridgehead atoms. The number of carbonyl (C=O) groups excluding carboxylic acids is 2. The van der Waals surface area contributed by atoms with Gasteiger partial charge in [-0.1, -0.05) is 50.2 Å². The van der Waals surface area contributed by atoms with Crippen LogP contribution in [0.5, 0.6) is 0 Å². The van der Waals surface area contributed by atoms with Crippen LogP contribution in [-0.4, -0.2) is 17.3 Å². The van der Waals surface area contributed by atoms with Crippen LogP contribution in [0, 0.1) is 17.2 Å². The molecule has 1 aliphatic heterocycles. The van der Waals surface area contributed by atoms with Crippen molar-refractivity contribution in [1.82, 2.24) is 0 Å². The van der Waals surface area contributed by atoms with Crippen molar-refractivity contribution in [2.45, 2.75) is 32.6 Å². The van der Waals surface area contributed by atoms with E-state index in [4.69, 9.17) is 4.99 Å². The van der Waals surface area contributed by atoms with Gasteiger partial charge in [-0.05, 0) is 29.5 Å². The first-order valence-electron chi connectivity index (χ1n) is 9.60. The topological polar surface area (TPSA) is 46.5 Å². The molecule has 2 aliphatic carbocycles. The number of rotatable bonds is 1. The van der Waals surface area contributed by atoms with Crippen LogP contribution in [0.15, 0.2) is 64.8 Å². The summed E-state index contributed by atoms with van der Waals surface area (Å²) in [5.41, 5.74) is 4.31. The molecule has 0 saturated carbocycles. The fourth-order valence-corrected chi connectivity index (χ4v) is 4.92. The minimum absolute atomic E-state index is 0.00661. The molecule has 3 aliphatic rings. The van der Waals surface area contributed by atoms with E-state index in [1.54, 1.807) is 12.1 Å². The third kappa shape index (κ3) is 2.44. The van der Waals surface area contributed by atoms with Gasteiger partial charge in [0.2, 0.25) is 0 Å². The standard InChI is InChI=1S/C24H20FNO2/c1-24(2)11-17-20(18(27)12-24)19(13-7-9-14(25)10-8-13)21-22(26-17)15-5-3-4-6-16(15)23(21)28/h3-10,19,21H,11-12H2,1-2H3/t19-,21+/m0/s1. The summed E-state index contributed by atoms with van der Waals surface area (Å²) in [5.74, 6) is -1.22. The van der Waals surface area contributed by atoms with Crippen molar-refractivity contribution in [3.8, 4) is 0 Å². The number of allylic oxidation sites excluding steroid dienone is 2. The number of benzene rings is 2. The van der Waals surface area contributed by atoms with Crippen LogP contribution in [0.4, 0.5) is 4.39 Å². The van der Waals surface area contributed by atoms with E-state index >= 15 is 0 Å². The van der Waals surface area contributed by atoms with Crippen molar-refractivity contribution in [2.24, 2.45) is 16.3 Å². The molecule has 2 atom stereocenters. The van der Waals surface area contributed by atoms with Gasteiger partial charge in [0.15, 0.2) is 11.6 Å². The van der Waals surface area contributed by atoms with Gasteiger partial charge >= 0.3 is 0 Å². The maximum absolute atomic E-state index is 13.6. The van der Waals surface area contributed by atoms with E-state index in [9.17, 15) is 14.0 Å². The number of halogens is 1. The van der Waals surface area contributed by atoms with E-state index in [0.29, 0.717) is 24.0 Å². The average molecular weight is 373 g/mol. The number of ketones is 2. The van der Waals surface area contributed by atoms with E-state index < -0.39 is 11.8 Å². The third-order valence-corrected chi connectivity index (χ3v) is 6.07. The van der Waals surface area contributed by atoms with Crippen molar-refractivity contribution in [2.75, 3.05) is 0 Å². The van der Waals surface area contributed by atoms with Gasteiger partial charge in [0.1, 0.15) is 5.82 Å². The second-order valence-corrected chi connectivity index (χ2v) is 8.72. The Morgan fingerprint density at radius 2 is 1.61 bits per heavy atom. The molecule has 2 aromatic carbocycles. The van der Waals surface area contributed by atoms with Crippen LogP contribution in [-0.2, 0) is 4.79 Å². The normalized spacial score (nSPS) is 25.2. The molecule has 0 fully saturated rings. The summed E-state index contributed by atoms with van der Waals surface area (Å²) in [5, 5.41) is 0. The lowest BCUT2D eigenvalue weighted by atomic mass is 9.66. The first kappa shape index (κ1) is 17.2. The largest absolute Gasteiger partial charge is 0.294 e. The Kier molecular flexibility index (Phi) is 3.57. The Morgan fingerprint density at radius 1 is 0.929 bits per heavy atom. The molecule has 3 nitrogen and oxygen atoms in total. The van der Waals surface area contributed by atoms with E-state index in [0.717, 1.165) is 22.5 Å². The molecule has 0 spiro atoms. The van der Waals surface area contributed by atoms with Crippen molar-refractivity contribution in [1.29, 1.82) is 0 Å². The van der Waals surface area contributed by atoms with Gasteiger partial charge in [0, 0.05) is 34.7 Å². The Bertz CT molecular complexity index is 1090. The zero-order chi connectivity index (χ0) is 19.6. The first-order chi connectivity index (χ1) is 13.4. The average Bonchev–Trinajstić information content (AvgIpc) is 2.93. The fraction of sp³-hybridized carbons (Fsp3) is 0.292. The highest BCUT2D eigenvalue weighted by molar-refractivity contribution is 6.30. The quantitative estimate of drug-likeness (QED) is 0.716. The summed E-state index contributed by atoms with van der Waals surface area (Å²) in [4.78, 5) is 31.3. The van der Waals surface area contributed by atoms with Gasteiger partial charge in [0.05, 0.1) is 11.6 Å². The van der Waals surface area contributed by atoms with Crippen LogP contribution >= 0.6 is 0 Å². The summed E-state index contributed by atoms with van der Waals surface area (Å²) in [6.07, 6.45) is 1.13. The molecule has 0 aromatic heterocycles. The van der Waals surface area contributed by atoms with Gasteiger partial charge in [-0.3, -0.25) is 14.6 Å². The number of hydrogen-bond acceptors (Lipinski definition) is 3. The molecule has 1 heterocycles. The predicted octanol–water partition coefficient (Wildman–Crippen LogP) is 4.87. The lowest BCUT2D eigenvalue weighted by Gasteiger charge is -2.38. The molecule has 4 heteroatoms. The van der Waals surface area contributed by atoms with Gasteiger partial charge in [-0.15, -0.1) is 0 Å². The number of carbonyl (C=O) groups is 2. The van der Waals surface area contributed by atoms with Crippen LogP contribution in [0.1, 0.15) is 54.1 Å². The van der Waals surface area contributed by atoms with Gasteiger partial charge < -0.3 is 0 Å². The molecule has 28 heavy (non-hydrogen) atoms. The van der Waals surface area contributed by atoms with Gasteiger partial charge in [0.25, 0.3) is 0 Å². The van der Waals surface area contributed by atoms with Crippen molar-refractivity contribution >= 4 is 17.3 Å². The van der Waals surface area contributed by atoms with Crippen LogP contribution in [0.2, 0.25) is 0 Å². The zero-order valence-corrected chi connectivity index (χ0v) is 15.8. The van der Waals surface area contributed by atoms with Crippen molar-refractivity contribution in [3.63, 3.8) is 0 Å². The lowest BCUT2D eigenvalue weighted by Crippen LogP contribution is -2.37. The summed E-state index contributed by atoms with van der Waals surface area (Å²) in [6.45, 7) is 4.14. The van der Waals surface area contributed by atoms with E-state index in [1.807, 2.05) is 24.3 Å². The molecule has 0 N–H and O–H groups in total. The summed E-state index contributed by atoms with van der Waals surface area (Å²) < 4.78 is 13.6. The maximum Gasteiger partial charge on any atom is 0.173 e. The van der Waals surface area contributed by atoms with Crippen molar-refractivity contribution in [3.05, 3.63) is 82.3 Å². The SMILES string of the molecule is CC1(C)CC(=O)C2=C(C1)N=C1c3ccccc3C(=O)[C@@H]1[C@H]2c1ccc(F)cc1. The highest BCUT2D eigenvalue weighted by Crippen LogP contribution is 2.51. The Labute approximate surface area is 163 Å². The Hall–Kier alpha value is -2.88. The molecular formula is C24H20FNO2. The first-order valence-corrected chi connectivity index (χ1v) is 9.60. The van der Waals surface area contributed by atoms with Crippen molar-refractivity contribution < 1.29 is 14.0 Å². The second-order valence-electron chi connectivity index (χ2n) is 8.72. The number of aliphatic imine (C=N–C) groups is 1. The molecule has 0 radical (unpaired) electrons. The summed E-state index contributed by atoms with van der Waals surface area (Å²) in [7, 11) is 0. The molecular weight excluding hydrogens is 353 g/mol. The Morgan fingerprint density at radius 3 is 2.32 bits per heavy atom. The number of nitrogens with zero attached hydrogens (tertiary/aromatic N) is 1. The fourth-order valence-electron chi connectivity index (χ4n) is 4.92.